The summed E-state index contributed by atoms with van der Waals surface area (Å²) in [5, 5.41) is 3.26. The molecule has 0 aromatic heterocycles. The van der Waals surface area contributed by atoms with Crippen LogP contribution in [0.2, 0.25) is 0 Å². The Morgan fingerprint density at radius 2 is 1.58 bits per heavy atom. The van der Waals surface area contributed by atoms with E-state index in [9.17, 15) is 14.0 Å². The lowest BCUT2D eigenvalue weighted by Gasteiger charge is -2.33. The zero-order chi connectivity index (χ0) is 25.3. The fraction of sp³-hybridized carbons (Fsp3) is 0.355. The highest BCUT2D eigenvalue weighted by atomic mass is 19.1. The number of halogens is 1. The summed E-state index contributed by atoms with van der Waals surface area (Å²) in [6.45, 7) is 2.35. The summed E-state index contributed by atoms with van der Waals surface area (Å²) < 4.78 is 13.5. The van der Waals surface area contributed by atoms with Crippen molar-refractivity contribution in [1.29, 1.82) is 0 Å². The van der Waals surface area contributed by atoms with Gasteiger partial charge in [-0.25, -0.2) is 4.39 Å². The highest BCUT2D eigenvalue weighted by Gasteiger charge is 2.32. The van der Waals surface area contributed by atoms with Crippen LogP contribution in [0.15, 0.2) is 78.9 Å². The molecule has 2 amide bonds. The second-order valence-corrected chi connectivity index (χ2v) is 9.86. The van der Waals surface area contributed by atoms with Gasteiger partial charge in [-0.2, -0.15) is 0 Å². The molecule has 0 aliphatic heterocycles. The summed E-state index contributed by atoms with van der Waals surface area (Å²) in [6, 6.07) is 23.4. The maximum atomic E-state index is 13.8. The summed E-state index contributed by atoms with van der Waals surface area (Å²) in [5.41, 5.74) is 3.81. The van der Waals surface area contributed by atoms with Crippen LogP contribution < -0.4 is 5.32 Å². The molecule has 188 valence electrons. The van der Waals surface area contributed by atoms with Crippen LogP contribution in [-0.4, -0.2) is 28.8 Å². The maximum Gasteiger partial charge on any atom is 0.243 e. The minimum atomic E-state index is -0.650. The van der Waals surface area contributed by atoms with Gasteiger partial charge in [-0.05, 0) is 48.6 Å². The Balaban J connectivity index is 1.65. The van der Waals surface area contributed by atoms with Gasteiger partial charge in [0.2, 0.25) is 11.8 Å². The Kier molecular flexibility index (Phi) is 8.88. The number of aryl methyl sites for hydroxylation is 1. The molecule has 36 heavy (non-hydrogen) atoms. The van der Waals surface area contributed by atoms with Crippen molar-refractivity contribution >= 4 is 11.8 Å². The van der Waals surface area contributed by atoms with Gasteiger partial charge >= 0.3 is 0 Å². The van der Waals surface area contributed by atoms with E-state index in [1.165, 1.54) is 18.6 Å². The fourth-order valence-electron chi connectivity index (χ4n) is 4.98. The summed E-state index contributed by atoms with van der Waals surface area (Å²) in [6.07, 6.45) is 5.93. The van der Waals surface area contributed by atoms with Crippen LogP contribution in [0.25, 0.3) is 0 Å². The summed E-state index contributed by atoms with van der Waals surface area (Å²) >= 11 is 0. The first-order valence-corrected chi connectivity index (χ1v) is 12.9. The molecule has 1 aliphatic carbocycles. The monoisotopic (exact) mass is 486 g/mol. The lowest BCUT2D eigenvalue weighted by atomic mass is 9.94. The van der Waals surface area contributed by atoms with E-state index in [1.807, 2.05) is 55.5 Å². The van der Waals surface area contributed by atoms with Crippen molar-refractivity contribution in [3.63, 3.8) is 0 Å². The molecule has 0 spiro atoms. The van der Waals surface area contributed by atoms with Crippen LogP contribution in [0.1, 0.15) is 54.4 Å². The fourth-order valence-corrected chi connectivity index (χ4v) is 4.98. The first-order valence-electron chi connectivity index (χ1n) is 12.9. The molecule has 1 N–H and O–H groups in total. The molecule has 1 aliphatic rings. The maximum absolute atomic E-state index is 13.8. The zero-order valence-corrected chi connectivity index (χ0v) is 21.0. The minimum Gasteiger partial charge on any atom is -0.352 e. The standard InChI is InChI=1S/C31H35FN2O2/c1-23-9-8-12-26(19-23)22-34(30(35)21-25-15-17-27(32)18-16-25)29(20-24-10-4-2-5-11-24)31(36)33-28-13-6-3-7-14-28/h2,4-5,8-12,15-19,28-29H,3,6-7,13-14,20-22H2,1H3,(H,33,36)/t29-/m1/s1. The van der Waals surface area contributed by atoms with Gasteiger partial charge in [0, 0.05) is 19.0 Å². The Morgan fingerprint density at radius 1 is 0.889 bits per heavy atom. The van der Waals surface area contributed by atoms with Gasteiger partial charge in [-0.1, -0.05) is 91.6 Å². The van der Waals surface area contributed by atoms with Gasteiger partial charge in [0.05, 0.1) is 6.42 Å². The van der Waals surface area contributed by atoms with Crippen LogP contribution in [0.4, 0.5) is 4.39 Å². The highest BCUT2D eigenvalue weighted by Crippen LogP contribution is 2.21. The average Bonchev–Trinajstić information content (AvgIpc) is 2.88. The van der Waals surface area contributed by atoms with E-state index in [1.54, 1.807) is 17.0 Å². The van der Waals surface area contributed by atoms with Gasteiger partial charge in [0.1, 0.15) is 11.9 Å². The number of benzene rings is 3. The first kappa shape index (κ1) is 25.6. The Morgan fingerprint density at radius 3 is 2.28 bits per heavy atom. The summed E-state index contributed by atoms with van der Waals surface area (Å²) in [4.78, 5) is 29.2. The Labute approximate surface area is 213 Å². The Hall–Kier alpha value is -3.47. The SMILES string of the molecule is Cc1cccc(CN(C(=O)Cc2ccc(F)cc2)[C@H](Cc2ccccc2)C(=O)NC2CCCCC2)c1. The van der Waals surface area contributed by atoms with Gasteiger partial charge in [0.25, 0.3) is 0 Å². The Bertz CT molecular complexity index is 1140. The number of hydrogen-bond acceptors (Lipinski definition) is 2. The van der Waals surface area contributed by atoms with Crippen molar-refractivity contribution in [2.24, 2.45) is 0 Å². The van der Waals surface area contributed by atoms with Crippen LogP contribution in [0, 0.1) is 12.7 Å². The van der Waals surface area contributed by atoms with Crippen LogP contribution >= 0.6 is 0 Å². The number of amides is 2. The minimum absolute atomic E-state index is 0.105. The third-order valence-corrected chi connectivity index (χ3v) is 6.93. The molecule has 3 aromatic carbocycles. The smallest absolute Gasteiger partial charge is 0.243 e. The molecular formula is C31H35FN2O2. The molecule has 1 fully saturated rings. The predicted octanol–water partition coefficient (Wildman–Crippen LogP) is 5.77. The molecule has 3 aromatic rings. The van der Waals surface area contributed by atoms with Crippen LogP contribution in [0.5, 0.6) is 0 Å². The predicted molar refractivity (Wildman–Crippen MR) is 141 cm³/mol. The van der Waals surface area contributed by atoms with E-state index in [-0.39, 0.29) is 30.1 Å². The van der Waals surface area contributed by atoms with Crippen molar-refractivity contribution in [1.82, 2.24) is 10.2 Å². The number of hydrogen-bond donors (Lipinski definition) is 1. The van der Waals surface area contributed by atoms with Gasteiger partial charge in [-0.15, -0.1) is 0 Å². The van der Waals surface area contributed by atoms with Crippen molar-refractivity contribution in [3.8, 4) is 0 Å². The third kappa shape index (κ3) is 7.27. The van der Waals surface area contributed by atoms with E-state index >= 15 is 0 Å². The van der Waals surface area contributed by atoms with Crippen molar-refractivity contribution in [2.75, 3.05) is 0 Å². The second-order valence-electron chi connectivity index (χ2n) is 9.86. The quantitative estimate of drug-likeness (QED) is 0.418. The molecular weight excluding hydrogens is 451 g/mol. The molecule has 0 bridgehead atoms. The van der Waals surface area contributed by atoms with E-state index in [4.69, 9.17) is 0 Å². The summed E-state index contributed by atoms with van der Waals surface area (Å²) in [5.74, 6) is -0.592. The molecule has 1 saturated carbocycles. The molecule has 5 heteroatoms. The second kappa shape index (κ2) is 12.5. The van der Waals surface area contributed by atoms with Crippen LogP contribution in [-0.2, 0) is 29.0 Å². The van der Waals surface area contributed by atoms with E-state index in [0.717, 1.165) is 47.9 Å². The number of carbonyl (C=O) groups is 2. The molecule has 4 rings (SSSR count). The molecule has 0 radical (unpaired) electrons. The number of carbonyl (C=O) groups excluding carboxylic acids is 2. The van der Waals surface area contributed by atoms with Gasteiger partial charge < -0.3 is 10.2 Å². The molecule has 0 saturated heterocycles. The highest BCUT2D eigenvalue weighted by molar-refractivity contribution is 5.89. The molecule has 0 unspecified atom stereocenters. The van der Waals surface area contributed by atoms with Crippen molar-refractivity contribution < 1.29 is 14.0 Å². The normalized spacial score (nSPS) is 14.7. The topological polar surface area (TPSA) is 49.4 Å². The largest absolute Gasteiger partial charge is 0.352 e. The van der Waals surface area contributed by atoms with E-state index in [0.29, 0.717) is 13.0 Å². The van der Waals surface area contributed by atoms with Crippen molar-refractivity contribution in [3.05, 3.63) is 107 Å². The lowest BCUT2D eigenvalue weighted by Crippen LogP contribution is -2.53. The number of nitrogens with zero attached hydrogens (tertiary/aromatic N) is 1. The summed E-state index contributed by atoms with van der Waals surface area (Å²) in [7, 11) is 0. The van der Waals surface area contributed by atoms with E-state index in [2.05, 4.69) is 11.4 Å². The van der Waals surface area contributed by atoms with Gasteiger partial charge in [-0.3, -0.25) is 9.59 Å². The van der Waals surface area contributed by atoms with Crippen molar-refractivity contribution in [2.45, 2.75) is 70.5 Å². The lowest BCUT2D eigenvalue weighted by molar-refractivity contribution is -0.141. The number of nitrogens with one attached hydrogen (secondary N) is 1. The molecule has 4 nitrogen and oxygen atoms in total. The van der Waals surface area contributed by atoms with E-state index < -0.39 is 6.04 Å². The third-order valence-electron chi connectivity index (χ3n) is 6.93. The van der Waals surface area contributed by atoms with Crippen LogP contribution in [0.3, 0.4) is 0 Å². The zero-order valence-electron chi connectivity index (χ0n) is 21.0. The molecule has 1 atom stereocenters. The molecule has 0 heterocycles. The number of rotatable bonds is 9. The average molecular weight is 487 g/mol. The van der Waals surface area contributed by atoms with Gasteiger partial charge in [0.15, 0.2) is 0 Å². The first-order chi connectivity index (χ1) is 17.5.